The van der Waals surface area contributed by atoms with Gasteiger partial charge in [0.15, 0.2) is 37.6 Å². The van der Waals surface area contributed by atoms with Crippen molar-refractivity contribution >= 4 is 5.97 Å². The SMILES string of the molecule is COC(=O)[C@H]1O[C@@H](O[C@H]2C(O)OC[C@@H](O[C@@H]3OC[C@@H](O[C@@H]4OC[C@@H](O)[C@H](O)[C@H]4O)[C@H](O[C@@H]4OC[C@@H](O)[C@H](O)[C@H]4O)[C@H]3O)[C@@H]2O)[C@H](O)[C@@H](O)[C@@H]1OC. The average molecular weight is 751 g/mol. The van der Waals surface area contributed by atoms with Crippen molar-refractivity contribution in [3.8, 4) is 0 Å². The van der Waals surface area contributed by atoms with Crippen molar-refractivity contribution in [2.45, 2.75) is 129 Å². The van der Waals surface area contributed by atoms with Crippen molar-refractivity contribution < 1.29 is 113 Å². The van der Waals surface area contributed by atoms with Crippen molar-refractivity contribution in [2.75, 3.05) is 40.6 Å². The summed E-state index contributed by atoms with van der Waals surface area (Å²) < 4.78 is 59.5. The molecule has 5 saturated heterocycles. The molecule has 23 nitrogen and oxygen atoms in total. The molecule has 0 saturated carbocycles. The minimum absolute atomic E-state index is 0.433. The van der Waals surface area contributed by atoms with E-state index in [4.69, 9.17) is 47.4 Å². The van der Waals surface area contributed by atoms with Crippen LogP contribution < -0.4 is 0 Å². The van der Waals surface area contributed by atoms with Gasteiger partial charge in [-0.15, -0.1) is 0 Å². The van der Waals surface area contributed by atoms with E-state index in [1.54, 1.807) is 0 Å². The van der Waals surface area contributed by atoms with Gasteiger partial charge in [0.25, 0.3) is 0 Å². The highest BCUT2D eigenvalue weighted by atomic mass is 16.8. The number of esters is 1. The van der Waals surface area contributed by atoms with Crippen LogP contribution in [0.3, 0.4) is 0 Å². The Morgan fingerprint density at radius 2 is 0.980 bits per heavy atom. The summed E-state index contributed by atoms with van der Waals surface area (Å²) in [6.45, 7) is -1.93. The lowest BCUT2D eigenvalue weighted by atomic mass is 9.98. The number of aliphatic hydroxyl groups excluding tert-OH is 11. The molecule has 5 heterocycles. The van der Waals surface area contributed by atoms with Crippen LogP contribution >= 0.6 is 0 Å². The van der Waals surface area contributed by atoms with E-state index in [-0.39, 0.29) is 0 Å². The molecule has 1 unspecified atom stereocenters. The number of carbonyl (C=O) groups is 1. The fraction of sp³-hybridized carbons (Fsp3) is 0.964. The summed E-state index contributed by atoms with van der Waals surface area (Å²) in [4.78, 5) is 12.3. The molecule has 5 aliphatic heterocycles. The summed E-state index contributed by atoms with van der Waals surface area (Å²) >= 11 is 0. The Labute approximate surface area is 289 Å². The van der Waals surface area contributed by atoms with Gasteiger partial charge in [-0.25, -0.2) is 4.79 Å². The summed E-state index contributed by atoms with van der Waals surface area (Å²) in [6.07, 6.45) is -34.9. The van der Waals surface area contributed by atoms with E-state index in [9.17, 15) is 61.0 Å². The summed E-state index contributed by atoms with van der Waals surface area (Å²) in [7, 11) is 2.20. The van der Waals surface area contributed by atoms with Crippen molar-refractivity contribution in [2.24, 2.45) is 0 Å². The van der Waals surface area contributed by atoms with Gasteiger partial charge in [-0.2, -0.15) is 0 Å². The Morgan fingerprint density at radius 3 is 1.57 bits per heavy atom. The monoisotopic (exact) mass is 750 g/mol. The number of ether oxygens (including phenoxy) is 11. The maximum absolute atomic E-state index is 12.3. The second kappa shape index (κ2) is 17.4. The first-order chi connectivity index (χ1) is 24.2. The van der Waals surface area contributed by atoms with Gasteiger partial charge < -0.3 is 108 Å². The lowest BCUT2D eigenvalue weighted by molar-refractivity contribution is -0.379. The molecule has 0 aromatic heterocycles. The molecule has 0 radical (unpaired) electrons. The van der Waals surface area contributed by atoms with Gasteiger partial charge in [-0.05, 0) is 0 Å². The smallest absolute Gasteiger partial charge is 0.337 e. The van der Waals surface area contributed by atoms with Crippen molar-refractivity contribution in [3.63, 3.8) is 0 Å². The van der Waals surface area contributed by atoms with Crippen LogP contribution in [-0.2, 0) is 56.9 Å². The van der Waals surface area contributed by atoms with Gasteiger partial charge in [0, 0.05) is 7.11 Å². The first kappa shape index (κ1) is 40.8. The number of carbonyl (C=O) groups excluding carboxylic acids is 1. The molecular weight excluding hydrogens is 704 g/mol. The number of hydrogen-bond donors (Lipinski definition) is 11. The Morgan fingerprint density at radius 1 is 0.490 bits per heavy atom. The fourth-order valence-electron chi connectivity index (χ4n) is 6.17. The zero-order valence-corrected chi connectivity index (χ0v) is 27.3. The number of aliphatic hydroxyl groups is 11. The third kappa shape index (κ3) is 8.64. The second-order valence-electron chi connectivity index (χ2n) is 12.6. The predicted octanol–water partition coefficient (Wildman–Crippen LogP) is -8.53. The predicted molar refractivity (Wildman–Crippen MR) is 152 cm³/mol. The quantitative estimate of drug-likeness (QED) is 0.0923. The summed E-state index contributed by atoms with van der Waals surface area (Å²) in [5, 5.41) is 115. The van der Waals surface area contributed by atoms with Crippen molar-refractivity contribution in [3.05, 3.63) is 0 Å². The maximum Gasteiger partial charge on any atom is 0.337 e. The lowest BCUT2D eigenvalue weighted by Crippen LogP contribution is -2.65. The van der Waals surface area contributed by atoms with Crippen LogP contribution in [0.2, 0.25) is 0 Å². The standard InChI is InChI=1S/C28H46O23/c1-41-20-14(34)17(37)28(51-22(20)23(39)42-2)50-21-13(33)9(5-43-24(21)40)47-27-18(38)19(49-26-16(36)12(32)8(30)4-45-26)10(6-46-27)48-25-15(35)11(31)7(29)3-44-25/h7-22,24-38,40H,3-6H2,1-2H3/t7-,8-,9-,10-,11+,12+,13+,14-,15-,16-,17-,18-,19+,20+,21-,22+,24?,25+,26+,27+,28-/m1/s1. The third-order valence-electron chi connectivity index (χ3n) is 9.20. The van der Waals surface area contributed by atoms with E-state index in [1.165, 1.54) is 0 Å². The molecule has 23 heteroatoms. The zero-order chi connectivity index (χ0) is 37.3. The van der Waals surface area contributed by atoms with Crippen molar-refractivity contribution in [1.29, 1.82) is 0 Å². The lowest BCUT2D eigenvalue weighted by Gasteiger charge is -2.47. The molecule has 5 fully saturated rings. The molecular formula is C28H46O23. The van der Waals surface area contributed by atoms with Crippen LogP contribution in [0.5, 0.6) is 0 Å². The molecule has 5 rings (SSSR count). The van der Waals surface area contributed by atoms with Crippen LogP contribution in [0.15, 0.2) is 0 Å². The summed E-state index contributed by atoms with van der Waals surface area (Å²) in [5.41, 5.74) is 0. The van der Waals surface area contributed by atoms with Gasteiger partial charge in [0.1, 0.15) is 91.6 Å². The highest BCUT2D eigenvalue weighted by Gasteiger charge is 2.54. The molecule has 21 atom stereocenters. The van der Waals surface area contributed by atoms with E-state index in [0.717, 1.165) is 14.2 Å². The number of rotatable bonds is 10. The molecule has 0 aromatic rings. The molecule has 296 valence electrons. The Hall–Kier alpha value is -1.37. The zero-order valence-electron chi connectivity index (χ0n) is 27.3. The Balaban J connectivity index is 1.29. The first-order valence-electron chi connectivity index (χ1n) is 16.0. The molecule has 0 spiro atoms. The van der Waals surface area contributed by atoms with E-state index in [1.807, 2.05) is 0 Å². The normalized spacial score (nSPS) is 51.2. The number of methoxy groups -OCH3 is 2. The molecule has 0 bridgehead atoms. The summed E-state index contributed by atoms with van der Waals surface area (Å²) in [6, 6.07) is 0. The number of hydrogen-bond acceptors (Lipinski definition) is 23. The molecule has 0 aliphatic carbocycles. The van der Waals surface area contributed by atoms with Crippen LogP contribution in [0.1, 0.15) is 0 Å². The van der Waals surface area contributed by atoms with Gasteiger partial charge in [0.2, 0.25) is 0 Å². The van der Waals surface area contributed by atoms with Gasteiger partial charge in [0.05, 0.1) is 33.5 Å². The molecule has 51 heavy (non-hydrogen) atoms. The molecule has 0 aromatic carbocycles. The van der Waals surface area contributed by atoms with Crippen LogP contribution in [-0.4, -0.2) is 232 Å². The third-order valence-corrected chi connectivity index (χ3v) is 9.20. The Bertz CT molecular complexity index is 1120. The van der Waals surface area contributed by atoms with Gasteiger partial charge >= 0.3 is 5.97 Å². The van der Waals surface area contributed by atoms with Crippen LogP contribution in [0.25, 0.3) is 0 Å². The van der Waals surface area contributed by atoms with Gasteiger partial charge in [-0.3, -0.25) is 0 Å². The van der Waals surface area contributed by atoms with E-state index in [0.29, 0.717) is 0 Å². The molecule has 0 amide bonds. The highest BCUT2D eigenvalue weighted by molar-refractivity contribution is 5.75. The van der Waals surface area contributed by atoms with Crippen LogP contribution in [0, 0.1) is 0 Å². The van der Waals surface area contributed by atoms with Crippen molar-refractivity contribution in [1.82, 2.24) is 0 Å². The molecule has 11 N–H and O–H groups in total. The first-order valence-corrected chi connectivity index (χ1v) is 16.0. The summed E-state index contributed by atoms with van der Waals surface area (Å²) in [5.74, 6) is -0.985. The minimum Gasteiger partial charge on any atom is -0.467 e. The van der Waals surface area contributed by atoms with E-state index >= 15 is 0 Å². The second-order valence-corrected chi connectivity index (χ2v) is 12.6. The van der Waals surface area contributed by atoms with Crippen LogP contribution in [0.4, 0.5) is 0 Å². The molecule has 5 aliphatic rings. The fourth-order valence-corrected chi connectivity index (χ4v) is 6.17. The Kier molecular flexibility index (Phi) is 13.9. The minimum atomic E-state index is -1.89. The largest absolute Gasteiger partial charge is 0.467 e. The maximum atomic E-state index is 12.3. The average Bonchev–Trinajstić information content (AvgIpc) is 3.11. The highest BCUT2D eigenvalue weighted by Crippen LogP contribution is 2.33. The topological polar surface area (TPSA) is 341 Å². The van der Waals surface area contributed by atoms with Gasteiger partial charge in [-0.1, -0.05) is 0 Å². The van der Waals surface area contributed by atoms with E-state index in [2.05, 4.69) is 4.74 Å². The van der Waals surface area contributed by atoms with E-state index < -0.39 is 162 Å².